The van der Waals surface area contributed by atoms with E-state index >= 15 is 0 Å². The molecule has 0 aliphatic carbocycles. The van der Waals surface area contributed by atoms with E-state index in [9.17, 15) is 0 Å². The zero-order valence-corrected chi connectivity index (χ0v) is 7.28. The average molecular weight is 132 g/mol. The minimum absolute atomic E-state index is 0.729. The second kappa shape index (κ2) is 10.8. The Balaban J connectivity index is 0. The van der Waals surface area contributed by atoms with E-state index in [1.807, 2.05) is 20.9 Å². The lowest BCUT2D eigenvalue weighted by Crippen LogP contribution is -2.30. The third-order valence-electron chi connectivity index (χ3n) is 0.687. The molecule has 0 aliphatic heterocycles. The Morgan fingerprint density at radius 2 is 1.67 bits per heavy atom. The van der Waals surface area contributed by atoms with Crippen LogP contribution in [0, 0.1) is 5.92 Å². The molecule has 0 heterocycles. The van der Waals surface area contributed by atoms with Crippen LogP contribution in [0.25, 0.3) is 0 Å². The Kier molecular flexibility index (Phi) is 14.0. The molecular formula is C7H20N2. The minimum Gasteiger partial charge on any atom is -0.261 e. The fourth-order valence-corrected chi connectivity index (χ4v) is 0.306. The third-order valence-corrected chi connectivity index (χ3v) is 0.687. The Bertz CT molecular complexity index is 35.9. The van der Waals surface area contributed by atoms with E-state index in [0.29, 0.717) is 0 Å². The van der Waals surface area contributed by atoms with Gasteiger partial charge in [0.15, 0.2) is 0 Å². The van der Waals surface area contributed by atoms with Crippen molar-refractivity contribution in [3.8, 4) is 0 Å². The maximum Gasteiger partial charge on any atom is 0.0123 e. The summed E-state index contributed by atoms with van der Waals surface area (Å²) in [6, 6.07) is 0. The van der Waals surface area contributed by atoms with Gasteiger partial charge in [-0.1, -0.05) is 27.7 Å². The Morgan fingerprint density at radius 1 is 1.22 bits per heavy atom. The first-order valence-electron chi connectivity index (χ1n) is 3.67. The van der Waals surface area contributed by atoms with Gasteiger partial charge in [-0.05, 0) is 13.0 Å². The highest BCUT2D eigenvalue weighted by Crippen LogP contribution is 1.83. The van der Waals surface area contributed by atoms with E-state index in [4.69, 9.17) is 0 Å². The van der Waals surface area contributed by atoms with E-state index in [1.165, 1.54) is 0 Å². The first-order chi connectivity index (χ1) is 4.27. The molecule has 0 spiro atoms. The average Bonchev–Trinajstić information content (AvgIpc) is 1.88. The smallest absolute Gasteiger partial charge is 0.0123 e. The quantitative estimate of drug-likeness (QED) is 0.567. The van der Waals surface area contributed by atoms with Crippen LogP contribution in [0.15, 0.2) is 0 Å². The van der Waals surface area contributed by atoms with Crippen molar-refractivity contribution in [3.63, 3.8) is 0 Å². The van der Waals surface area contributed by atoms with Crippen LogP contribution < -0.4 is 10.9 Å². The van der Waals surface area contributed by atoms with Crippen LogP contribution in [0.2, 0.25) is 0 Å². The molecule has 58 valence electrons. The van der Waals surface area contributed by atoms with E-state index in [1.54, 1.807) is 0 Å². The van der Waals surface area contributed by atoms with Gasteiger partial charge in [-0.25, -0.2) is 0 Å². The molecule has 0 aromatic carbocycles. The second-order valence-electron chi connectivity index (χ2n) is 2.02. The largest absolute Gasteiger partial charge is 0.261 e. The minimum atomic E-state index is 0.729. The van der Waals surface area contributed by atoms with Crippen LogP contribution in [0.3, 0.4) is 0 Å². The van der Waals surface area contributed by atoms with Gasteiger partial charge in [-0.2, -0.15) is 0 Å². The molecule has 0 rings (SSSR count). The summed E-state index contributed by atoms with van der Waals surface area (Å²) in [5.41, 5.74) is 5.85. The molecule has 0 radical (unpaired) electrons. The topological polar surface area (TPSA) is 24.1 Å². The molecule has 0 fully saturated rings. The van der Waals surface area contributed by atoms with Gasteiger partial charge < -0.3 is 0 Å². The summed E-state index contributed by atoms with van der Waals surface area (Å²) in [6.07, 6.45) is 0. The van der Waals surface area contributed by atoms with Crippen molar-refractivity contribution >= 4 is 0 Å². The molecule has 0 atom stereocenters. The highest BCUT2D eigenvalue weighted by molar-refractivity contribution is 4.42. The van der Waals surface area contributed by atoms with Crippen molar-refractivity contribution in [1.82, 2.24) is 10.9 Å². The van der Waals surface area contributed by atoms with Crippen molar-refractivity contribution in [2.24, 2.45) is 5.92 Å². The van der Waals surface area contributed by atoms with Crippen molar-refractivity contribution in [2.45, 2.75) is 27.7 Å². The van der Waals surface area contributed by atoms with E-state index in [-0.39, 0.29) is 0 Å². The molecule has 0 unspecified atom stereocenters. The number of hydrogen-bond donors (Lipinski definition) is 2. The van der Waals surface area contributed by atoms with E-state index < -0.39 is 0 Å². The number of hydrogen-bond acceptors (Lipinski definition) is 2. The van der Waals surface area contributed by atoms with Gasteiger partial charge in [0, 0.05) is 6.54 Å². The molecule has 0 amide bonds. The summed E-state index contributed by atoms with van der Waals surface area (Å²) >= 11 is 0. The van der Waals surface area contributed by atoms with Crippen molar-refractivity contribution < 1.29 is 0 Å². The van der Waals surface area contributed by atoms with Gasteiger partial charge in [0.05, 0.1) is 0 Å². The summed E-state index contributed by atoms with van der Waals surface area (Å²) in [5, 5.41) is 0. The van der Waals surface area contributed by atoms with Gasteiger partial charge in [0.25, 0.3) is 0 Å². The molecule has 2 N–H and O–H groups in total. The zero-order chi connectivity index (χ0) is 7.70. The summed E-state index contributed by atoms with van der Waals surface area (Å²) in [4.78, 5) is 0. The lowest BCUT2D eigenvalue weighted by atomic mass is 10.2. The normalized spacial score (nSPS) is 8.67. The van der Waals surface area contributed by atoms with Gasteiger partial charge in [0.1, 0.15) is 0 Å². The van der Waals surface area contributed by atoms with Crippen molar-refractivity contribution in [2.75, 3.05) is 13.6 Å². The molecular weight excluding hydrogens is 112 g/mol. The molecule has 0 bridgehead atoms. The van der Waals surface area contributed by atoms with Gasteiger partial charge in [-0.15, -0.1) is 0 Å². The highest BCUT2D eigenvalue weighted by atomic mass is 15.3. The summed E-state index contributed by atoms with van der Waals surface area (Å²) in [6.45, 7) is 9.38. The van der Waals surface area contributed by atoms with Gasteiger partial charge in [0.2, 0.25) is 0 Å². The predicted octanol–water partition coefficient (Wildman–Crippen LogP) is 1.39. The van der Waals surface area contributed by atoms with Crippen molar-refractivity contribution in [3.05, 3.63) is 0 Å². The molecule has 9 heavy (non-hydrogen) atoms. The fraction of sp³-hybridized carbons (Fsp3) is 1.00. The second-order valence-corrected chi connectivity index (χ2v) is 2.02. The zero-order valence-electron chi connectivity index (χ0n) is 7.28. The maximum absolute atomic E-state index is 3.00. The predicted molar refractivity (Wildman–Crippen MR) is 43.2 cm³/mol. The maximum atomic E-state index is 3.00. The monoisotopic (exact) mass is 132 g/mol. The number of nitrogens with one attached hydrogen (secondary N) is 2. The van der Waals surface area contributed by atoms with Crippen LogP contribution in [-0.2, 0) is 0 Å². The third kappa shape index (κ3) is 18.1. The molecule has 0 saturated carbocycles. The Morgan fingerprint density at radius 3 is 1.78 bits per heavy atom. The SMILES string of the molecule is CC.CNNCC(C)C. The van der Waals surface area contributed by atoms with Crippen molar-refractivity contribution in [1.29, 1.82) is 0 Å². The van der Waals surface area contributed by atoms with Crippen LogP contribution in [-0.4, -0.2) is 13.6 Å². The standard InChI is InChI=1S/C5H14N2.C2H6/c1-5(2)4-7-6-3;1-2/h5-7H,4H2,1-3H3;1-2H3. The molecule has 0 aliphatic rings. The lowest BCUT2D eigenvalue weighted by Gasteiger charge is -2.03. The highest BCUT2D eigenvalue weighted by Gasteiger charge is 1.86. The van der Waals surface area contributed by atoms with Crippen LogP contribution in [0.1, 0.15) is 27.7 Å². The molecule has 2 heteroatoms. The van der Waals surface area contributed by atoms with Gasteiger partial charge >= 0.3 is 0 Å². The summed E-state index contributed by atoms with van der Waals surface area (Å²) < 4.78 is 0. The van der Waals surface area contributed by atoms with Gasteiger partial charge in [-0.3, -0.25) is 10.9 Å². The first-order valence-corrected chi connectivity index (χ1v) is 3.67. The van der Waals surface area contributed by atoms with Crippen LogP contribution in [0.4, 0.5) is 0 Å². The van der Waals surface area contributed by atoms with E-state index in [2.05, 4.69) is 24.7 Å². The molecule has 2 nitrogen and oxygen atoms in total. The van der Waals surface area contributed by atoms with Crippen LogP contribution >= 0.6 is 0 Å². The molecule has 0 aromatic heterocycles. The molecule has 0 aromatic rings. The number of rotatable bonds is 3. The fourth-order valence-electron chi connectivity index (χ4n) is 0.306. The summed E-state index contributed by atoms with van der Waals surface area (Å²) in [5.74, 6) is 0.729. The molecule has 0 saturated heterocycles. The van der Waals surface area contributed by atoms with E-state index in [0.717, 1.165) is 12.5 Å². The number of hydrazine groups is 1. The Hall–Kier alpha value is -0.0800. The Labute approximate surface area is 59.0 Å². The van der Waals surface area contributed by atoms with Crippen LogP contribution in [0.5, 0.6) is 0 Å². The first kappa shape index (κ1) is 11.7. The lowest BCUT2D eigenvalue weighted by molar-refractivity contribution is 0.505. The summed E-state index contributed by atoms with van der Waals surface area (Å²) in [7, 11) is 1.88.